The van der Waals surface area contributed by atoms with Crippen molar-refractivity contribution in [1.82, 2.24) is 20.2 Å². The van der Waals surface area contributed by atoms with Gasteiger partial charge in [-0.2, -0.15) is 0 Å². The molecule has 1 aliphatic rings. The van der Waals surface area contributed by atoms with E-state index >= 15 is 0 Å². The number of fused-ring (bicyclic) bond motifs is 1. The molecule has 3 aromatic rings. The number of nitrogens with zero attached hydrogens (tertiary/aromatic N) is 3. The summed E-state index contributed by atoms with van der Waals surface area (Å²) in [6.45, 7) is 6.64. The van der Waals surface area contributed by atoms with Crippen LogP contribution in [0.15, 0.2) is 42.5 Å². The van der Waals surface area contributed by atoms with Crippen molar-refractivity contribution in [1.29, 1.82) is 0 Å². The molecule has 0 bridgehead atoms. The molecule has 1 saturated heterocycles. The lowest BCUT2D eigenvalue weighted by Gasteiger charge is -2.33. The maximum Gasteiger partial charge on any atom is 0.260 e. The summed E-state index contributed by atoms with van der Waals surface area (Å²) < 4.78 is 5.64. The second-order valence-corrected chi connectivity index (χ2v) is 8.43. The first-order chi connectivity index (χ1) is 15.8. The van der Waals surface area contributed by atoms with E-state index in [1.165, 1.54) is 12.1 Å². The predicted octanol–water partition coefficient (Wildman–Crippen LogP) is 3.14. The Balaban J connectivity index is 1.31. The molecule has 1 atom stereocenters. The highest BCUT2D eigenvalue weighted by Crippen LogP contribution is 2.20. The van der Waals surface area contributed by atoms with Crippen molar-refractivity contribution in [3.05, 3.63) is 59.4 Å². The predicted molar refractivity (Wildman–Crippen MR) is 124 cm³/mol. The SMILES string of the molecule is Cc1nc2ccc(C(=O)N3CCC(NC(=O)C(C)Oc4ccc(O)cc4)CC3)cc2nc1C. The van der Waals surface area contributed by atoms with Crippen LogP contribution in [0.4, 0.5) is 0 Å². The van der Waals surface area contributed by atoms with Crippen molar-refractivity contribution < 1.29 is 19.4 Å². The minimum atomic E-state index is -0.667. The Morgan fingerprint density at radius 1 is 1.03 bits per heavy atom. The van der Waals surface area contributed by atoms with Gasteiger partial charge in [0, 0.05) is 24.7 Å². The van der Waals surface area contributed by atoms with E-state index in [4.69, 9.17) is 4.74 Å². The quantitative estimate of drug-likeness (QED) is 0.621. The van der Waals surface area contributed by atoms with Crippen molar-refractivity contribution >= 4 is 22.8 Å². The third-order valence-electron chi connectivity index (χ3n) is 5.97. The fourth-order valence-corrected chi connectivity index (χ4v) is 3.87. The van der Waals surface area contributed by atoms with Gasteiger partial charge in [0.2, 0.25) is 0 Å². The topological polar surface area (TPSA) is 105 Å². The highest BCUT2D eigenvalue weighted by atomic mass is 16.5. The molecule has 1 aliphatic heterocycles. The van der Waals surface area contributed by atoms with Crippen molar-refractivity contribution in [3.8, 4) is 11.5 Å². The number of phenols is 1. The molecule has 1 unspecified atom stereocenters. The maximum absolute atomic E-state index is 13.0. The number of carbonyl (C=O) groups is 2. The van der Waals surface area contributed by atoms with Crippen molar-refractivity contribution in [2.24, 2.45) is 0 Å². The van der Waals surface area contributed by atoms with Gasteiger partial charge in [0.15, 0.2) is 6.10 Å². The summed E-state index contributed by atoms with van der Waals surface area (Å²) in [5.41, 5.74) is 3.83. The highest BCUT2D eigenvalue weighted by molar-refractivity contribution is 5.97. The van der Waals surface area contributed by atoms with Gasteiger partial charge in [0.05, 0.1) is 22.4 Å². The van der Waals surface area contributed by atoms with Crippen LogP contribution in [0, 0.1) is 13.8 Å². The lowest BCUT2D eigenvalue weighted by Crippen LogP contribution is -2.49. The van der Waals surface area contributed by atoms with Crippen molar-refractivity contribution in [3.63, 3.8) is 0 Å². The fourth-order valence-electron chi connectivity index (χ4n) is 3.87. The number of hydrogen-bond donors (Lipinski definition) is 2. The summed E-state index contributed by atoms with van der Waals surface area (Å²) in [5, 5.41) is 12.4. The molecule has 0 radical (unpaired) electrons. The van der Waals surface area contributed by atoms with Crippen LogP contribution in [0.25, 0.3) is 11.0 Å². The van der Waals surface area contributed by atoms with E-state index < -0.39 is 6.10 Å². The first kappa shape index (κ1) is 22.5. The first-order valence-corrected chi connectivity index (χ1v) is 11.1. The van der Waals surface area contributed by atoms with Crippen LogP contribution in [0.3, 0.4) is 0 Å². The number of rotatable bonds is 5. The van der Waals surface area contributed by atoms with Gasteiger partial charge in [-0.3, -0.25) is 9.59 Å². The van der Waals surface area contributed by atoms with Crippen LogP contribution in [-0.2, 0) is 4.79 Å². The van der Waals surface area contributed by atoms with E-state index in [9.17, 15) is 14.7 Å². The molecule has 8 nitrogen and oxygen atoms in total. The fraction of sp³-hybridized carbons (Fsp3) is 0.360. The zero-order valence-corrected chi connectivity index (χ0v) is 19.0. The summed E-state index contributed by atoms with van der Waals surface area (Å²) in [4.78, 5) is 36.4. The summed E-state index contributed by atoms with van der Waals surface area (Å²) in [6.07, 6.45) is 0.685. The number of likely N-dealkylation sites (tertiary alicyclic amines) is 1. The van der Waals surface area contributed by atoms with Gasteiger partial charge in [-0.1, -0.05) is 0 Å². The largest absolute Gasteiger partial charge is 0.508 e. The monoisotopic (exact) mass is 448 g/mol. The summed E-state index contributed by atoms with van der Waals surface area (Å²) in [5.74, 6) is 0.418. The molecule has 0 saturated carbocycles. The molecule has 2 N–H and O–H groups in total. The number of benzene rings is 2. The molecular formula is C25H28N4O4. The van der Waals surface area contributed by atoms with Crippen LogP contribution >= 0.6 is 0 Å². The Morgan fingerprint density at radius 2 is 1.67 bits per heavy atom. The second kappa shape index (κ2) is 9.44. The number of nitrogens with one attached hydrogen (secondary N) is 1. The molecule has 2 aromatic carbocycles. The lowest BCUT2D eigenvalue weighted by molar-refractivity contribution is -0.128. The van der Waals surface area contributed by atoms with Gasteiger partial charge >= 0.3 is 0 Å². The van der Waals surface area contributed by atoms with Gasteiger partial charge in [-0.05, 0) is 76.1 Å². The van der Waals surface area contributed by atoms with Gasteiger partial charge in [0.25, 0.3) is 11.8 Å². The number of aryl methyl sites for hydroxylation is 2. The van der Waals surface area contributed by atoms with Crippen LogP contribution in [0.2, 0.25) is 0 Å². The summed E-state index contributed by atoms with van der Waals surface area (Å²) >= 11 is 0. The number of carbonyl (C=O) groups excluding carboxylic acids is 2. The van der Waals surface area contributed by atoms with Crippen LogP contribution in [0.1, 0.15) is 41.5 Å². The average molecular weight is 449 g/mol. The first-order valence-electron chi connectivity index (χ1n) is 11.1. The third kappa shape index (κ3) is 5.22. The average Bonchev–Trinajstić information content (AvgIpc) is 2.81. The standard InChI is InChI=1S/C25H28N4O4/c1-15-16(2)27-23-14-18(4-9-22(23)26-15)25(32)29-12-10-19(11-13-29)28-24(31)17(3)33-21-7-5-20(30)6-8-21/h4-9,14,17,19,30H,10-13H2,1-3H3,(H,28,31). The number of aromatic nitrogens is 2. The minimum Gasteiger partial charge on any atom is -0.508 e. The molecule has 0 spiro atoms. The maximum atomic E-state index is 13.0. The Bertz CT molecular complexity index is 1170. The Kier molecular flexibility index (Phi) is 6.44. The van der Waals surface area contributed by atoms with Crippen molar-refractivity contribution in [2.75, 3.05) is 13.1 Å². The van der Waals surface area contributed by atoms with E-state index in [1.807, 2.05) is 24.8 Å². The number of aromatic hydroxyl groups is 1. The van der Waals surface area contributed by atoms with Gasteiger partial charge in [-0.15, -0.1) is 0 Å². The molecular weight excluding hydrogens is 420 g/mol. The van der Waals surface area contributed by atoms with E-state index in [0.29, 0.717) is 42.8 Å². The second-order valence-electron chi connectivity index (χ2n) is 8.43. The van der Waals surface area contributed by atoms with Gasteiger partial charge in [-0.25, -0.2) is 9.97 Å². The number of ether oxygens (including phenoxy) is 1. The zero-order chi connectivity index (χ0) is 23.5. The Morgan fingerprint density at radius 3 is 2.33 bits per heavy atom. The van der Waals surface area contributed by atoms with E-state index in [2.05, 4.69) is 15.3 Å². The smallest absolute Gasteiger partial charge is 0.260 e. The molecule has 33 heavy (non-hydrogen) atoms. The third-order valence-corrected chi connectivity index (χ3v) is 5.97. The Hall–Kier alpha value is -3.68. The molecule has 2 amide bonds. The van der Waals surface area contributed by atoms with E-state index in [1.54, 1.807) is 31.2 Å². The van der Waals surface area contributed by atoms with Gasteiger partial charge < -0.3 is 20.1 Å². The number of phenolic OH excluding ortho intramolecular Hbond substituents is 1. The van der Waals surface area contributed by atoms with Crippen LogP contribution in [-0.4, -0.2) is 57.0 Å². The van der Waals surface area contributed by atoms with E-state index in [0.717, 1.165) is 16.9 Å². The van der Waals surface area contributed by atoms with Crippen LogP contribution < -0.4 is 10.1 Å². The highest BCUT2D eigenvalue weighted by Gasteiger charge is 2.26. The summed E-state index contributed by atoms with van der Waals surface area (Å²) in [7, 11) is 0. The number of amides is 2. The number of piperidine rings is 1. The Labute approximate surface area is 192 Å². The molecule has 0 aliphatic carbocycles. The summed E-state index contributed by atoms with van der Waals surface area (Å²) in [6, 6.07) is 11.7. The zero-order valence-electron chi connectivity index (χ0n) is 19.0. The molecule has 1 aromatic heterocycles. The van der Waals surface area contributed by atoms with E-state index in [-0.39, 0.29) is 23.6 Å². The lowest BCUT2D eigenvalue weighted by atomic mass is 10.0. The minimum absolute atomic E-state index is 0.0134. The molecule has 2 heterocycles. The van der Waals surface area contributed by atoms with Crippen LogP contribution in [0.5, 0.6) is 11.5 Å². The van der Waals surface area contributed by atoms with Crippen molar-refractivity contribution in [2.45, 2.75) is 45.8 Å². The number of hydrogen-bond acceptors (Lipinski definition) is 6. The molecule has 4 rings (SSSR count). The normalized spacial score (nSPS) is 15.3. The molecule has 8 heteroatoms. The molecule has 1 fully saturated rings. The molecule has 172 valence electrons. The van der Waals surface area contributed by atoms with Gasteiger partial charge in [0.1, 0.15) is 11.5 Å².